The van der Waals surface area contributed by atoms with Gasteiger partial charge in [0.2, 0.25) is 5.56 Å². The largest absolute Gasteiger partial charge is 0.380 e. The van der Waals surface area contributed by atoms with Crippen LogP contribution >= 0.6 is 0 Å². The molecule has 2 aromatic rings. The number of benzene rings is 1. The molecule has 5 rings (SSSR count). The summed E-state index contributed by atoms with van der Waals surface area (Å²) < 4.78 is 40.5. The van der Waals surface area contributed by atoms with Crippen LogP contribution in [0.3, 0.4) is 0 Å². The maximum Gasteiger partial charge on any atom is 0.266 e. The number of aromatic amines is 1. The Morgan fingerprint density at radius 1 is 1.23 bits per heavy atom. The van der Waals surface area contributed by atoms with E-state index in [9.17, 15) is 22.8 Å². The van der Waals surface area contributed by atoms with Gasteiger partial charge < -0.3 is 20.5 Å². The van der Waals surface area contributed by atoms with Crippen LogP contribution in [0.4, 0.5) is 18.9 Å². The number of nitrogens with one attached hydrogen (secondary N) is 3. The molecule has 0 unspecified atom stereocenters. The average Bonchev–Trinajstić information content (AvgIpc) is 2.74. The molecule has 0 spiro atoms. The summed E-state index contributed by atoms with van der Waals surface area (Å²) in [5.41, 5.74) is -0.443. The Morgan fingerprint density at radius 2 is 1.94 bits per heavy atom. The number of fused-ring (bicyclic) bond motifs is 3. The van der Waals surface area contributed by atoms with Crippen molar-refractivity contribution in [1.82, 2.24) is 15.2 Å². The van der Waals surface area contributed by atoms with Gasteiger partial charge in [0.05, 0.1) is 22.9 Å². The van der Waals surface area contributed by atoms with E-state index in [4.69, 9.17) is 0 Å². The van der Waals surface area contributed by atoms with Gasteiger partial charge in [-0.1, -0.05) is 18.2 Å². The average molecular weight is 434 g/mol. The molecule has 1 amide bonds. The van der Waals surface area contributed by atoms with Crippen molar-refractivity contribution in [2.45, 2.75) is 38.3 Å². The molecule has 0 saturated carbocycles. The molecule has 3 fully saturated rings. The van der Waals surface area contributed by atoms with E-state index in [1.54, 1.807) is 0 Å². The maximum atomic E-state index is 14.5. The number of hydrogen-bond acceptors (Lipinski definition) is 4. The molecule has 3 aliphatic rings. The van der Waals surface area contributed by atoms with Crippen LogP contribution in [0.5, 0.6) is 0 Å². The lowest BCUT2D eigenvalue weighted by molar-refractivity contribution is 0.0934. The Bertz CT molecular complexity index is 1020. The summed E-state index contributed by atoms with van der Waals surface area (Å²) in [6.07, 6.45) is 0.512. The molecule has 166 valence electrons. The number of nitrogens with zero attached hydrogens (tertiary/aromatic N) is 1. The molecule has 3 aliphatic heterocycles. The van der Waals surface area contributed by atoms with Crippen molar-refractivity contribution in [3.8, 4) is 0 Å². The van der Waals surface area contributed by atoms with Crippen molar-refractivity contribution in [2.24, 2.45) is 5.92 Å². The van der Waals surface area contributed by atoms with E-state index in [1.165, 1.54) is 31.3 Å². The minimum Gasteiger partial charge on any atom is -0.380 e. The second-order valence-corrected chi connectivity index (χ2v) is 8.26. The normalized spacial score (nSPS) is 23.6. The number of hydrogen-bond donors (Lipinski definition) is 3. The Morgan fingerprint density at radius 3 is 2.58 bits per heavy atom. The molecule has 2 bridgehead atoms. The molecule has 3 saturated heterocycles. The van der Waals surface area contributed by atoms with Crippen molar-refractivity contribution in [3.63, 3.8) is 0 Å². The predicted molar refractivity (Wildman–Crippen MR) is 111 cm³/mol. The first kappa shape index (κ1) is 21.4. The van der Waals surface area contributed by atoms with Gasteiger partial charge in [0.1, 0.15) is 5.82 Å². The second-order valence-electron chi connectivity index (χ2n) is 8.26. The summed E-state index contributed by atoms with van der Waals surface area (Å²) in [7, 11) is 0. The number of halogens is 3. The van der Waals surface area contributed by atoms with Gasteiger partial charge in [0.25, 0.3) is 12.3 Å². The van der Waals surface area contributed by atoms with Gasteiger partial charge in [0, 0.05) is 30.4 Å². The first-order valence-corrected chi connectivity index (χ1v) is 10.4. The fourth-order valence-corrected chi connectivity index (χ4v) is 4.53. The van der Waals surface area contributed by atoms with E-state index >= 15 is 0 Å². The molecular formula is C22H25F3N4O2. The Hall–Kier alpha value is -2.81. The highest BCUT2D eigenvalue weighted by Gasteiger charge is 2.34. The lowest BCUT2D eigenvalue weighted by Crippen LogP contribution is -2.53. The molecular weight excluding hydrogens is 409 g/mol. The summed E-state index contributed by atoms with van der Waals surface area (Å²) >= 11 is 0. The van der Waals surface area contributed by atoms with Crippen LogP contribution in [-0.2, 0) is 0 Å². The number of anilines is 1. The minimum atomic E-state index is -2.94. The number of alkyl halides is 2. The number of carbonyl (C=O) groups excluding carboxylic acids is 1. The van der Waals surface area contributed by atoms with Gasteiger partial charge >= 0.3 is 0 Å². The number of H-pyrrole nitrogens is 1. The van der Waals surface area contributed by atoms with Gasteiger partial charge in [-0.25, -0.2) is 13.2 Å². The van der Waals surface area contributed by atoms with Crippen LogP contribution in [0.25, 0.3) is 0 Å². The number of pyridine rings is 1. The van der Waals surface area contributed by atoms with Crippen LogP contribution in [0.1, 0.15) is 53.7 Å². The van der Waals surface area contributed by atoms with Gasteiger partial charge in [-0.2, -0.15) is 0 Å². The molecule has 6 nitrogen and oxygen atoms in total. The summed E-state index contributed by atoms with van der Waals surface area (Å²) in [4.78, 5) is 29.7. The zero-order chi connectivity index (χ0) is 22.1. The molecule has 0 radical (unpaired) electrons. The highest BCUT2D eigenvalue weighted by Crippen LogP contribution is 2.31. The van der Waals surface area contributed by atoms with Crippen molar-refractivity contribution in [1.29, 1.82) is 0 Å². The second kappa shape index (κ2) is 8.74. The number of carbonyl (C=O) groups is 1. The van der Waals surface area contributed by atoms with Crippen molar-refractivity contribution < 1.29 is 18.0 Å². The third kappa shape index (κ3) is 4.46. The van der Waals surface area contributed by atoms with Crippen LogP contribution in [0.15, 0.2) is 35.3 Å². The Labute approximate surface area is 177 Å². The Kier molecular flexibility index (Phi) is 6.04. The smallest absolute Gasteiger partial charge is 0.266 e. The fourth-order valence-electron chi connectivity index (χ4n) is 4.53. The van der Waals surface area contributed by atoms with Gasteiger partial charge in [-0.05, 0) is 38.8 Å². The predicted octanol–water partition coefficient (Wildman–Crippen LogP) is 3.45. The zero-order valence-corrected chi connectivity index (χ0v) is 17.1. The van der Waals surface area contributed by atoms with Crippen LogP contribution in [0.2, 0.25) is 0 Å². The molecule has 3 N–H and O–H groups in total. The number of piperidine rings is 3. The minimum absolute atomic E-state index is 0.0255. The van der Waals surface area contributed by atoms with E-state index < -0.39 is 29.8 Å². The zero-order valence-electron chi connectivity index (χ0n) is 17.1. The molecule has 0 aliphatic carbocycles. The number of rotatable bonds is 6. The highest BCUT2D eigenvalue weighted by molar-refractivity contribution is 5.99. The molecule has 4 heterocycles. The summed E-state index contributed by atoms with van der Waals surface area (Å²) in [5.74, 6) is -1.09. The summed E-state index contributed by atoms with van der Waals surface area (Å²) in [6.45, 7) is 4.50. The summed E-state index contributed by atoms with van der Waals surface area (Å²) in [5, 5.41) is 6.01. The van der Waals surface area contributed by atoms with Gasteiger partial charge in [0.15, 0.2) is 0 Å². The number of aromatic nitrogens is 1. The van der Waals surface area contributed by atoms with Crippen LogP contribution < -0.4 is 16.2 Å². The molecule has 9 heteroatoms. The topological polar surface area (TPSA) is 77.2 Å². The standard InChI is InChI=1S/C22H25F3N4O2/c1-12(14-3-2-4-15(20(14)23)21(24)25)27-22(31)16-10-26-19(30)9-17(16)28-18-11-29-7-5-13(18)6-8-29/h2-4,9-10,12-13,18,21H,5-8,11H2,1H3,(H,27,31)(H2,26,28,30)/t12-,18-/m1/s1. The van der Waals surface area contributed by atoms with E-state index in [0.29, 0.717) is 11.6 Å². The molecule has 1 aromatic heterocycles. The lowest BCUT2D eigenvalue weighted by Gasteiger charge is -2.45. The van der Waals surface area contributed by atoms with Crippen molar-refractivity contribution in [2.75, 3.05) is 25.0 Å². The maximum absolute atomic E-state index is 14.5. The van der Waals surface area contributed by atoms with E-state index in [0.717, 1.165) is 38.5 Å². The quantitative estimate of drug-likeness (QED) is 0.651. The third-order valence-electron chi connectivity index (χ3n) is 6.27. The number of amides is 1. The molecule has 1 aromatic carbocycles. The van der Waals surface area contributed by atoms with Crippen molar-refractivity contribution in [3.05, 3.63) is 63.3 Å². The fraction of sp³-hybridized carbons (Fsp3) is 0.455. The lowest BCUT2D eigenvalue weighted by atomic mass is 9.84. The first-order chi connectivity index (χ1) is 14.8. The first-order valence-electron chi connectivity index (χ1n) is 10.4. The highest BCUT2D eigenvalue weighted by atomic mass is 19.3. The van der Waals surface area contributed by atoms with Crippen molar-refractivity contribution >= 4 is 11.6 Å². The summed E-state index contributed by atoms with van der Waals surface area (Å²) in [6, 6.07) is 4.36. The van der Waals surface area contributed by atoms with Gasteiger partial charge in [-0.3, -0.25) is 9.59 Å². The van der Waals surface area contributed by atoms with Crippen LogP contribution in [0, 0.1) is 11.7 Å². The molecule has 31 heavy (non-hydrogen) atoms. The monoisotopic (exact) mass is 434 g/mol. The van der Waals surface area contributed by atoms with E-state index in [2.05, 4.69) is 20.5 Å². The van der Waals surface area contributed by atoms with Crippen LogP contribution in [-0.4, -0.2) is 41.5 Å². The molecule has 2 atom stereocenters. The van der Waals surface area contributed by atoms with E-state index in [1.807, 2.05) is 0 Å². The van der Waals surface area contributed by atoms with E-state index in [-0.39, 0.29) is 22.7 Å². The SMILES string of the molecule is C[C@@H](NC(=O)c1c[nH]c(=O)cc1N[C@@H]1CN2CCC1CC2)c1cccc(C(F)F)c1F. The third-order valence-corrected chi connectivity index (χ3v) is 6.27. The van der Waals surface area contributed by atoms with Gasteiger partial charge in [-0.15, -0.1) is 0 Å². The Balaban J connectivity index is 1.54.